The minimum atomic E-state index is 0.0125. The van der Waals surface area contributed by atoms with Crippen LogP contribution in [0.4, 0.5) is 0 Å². The Labute approximate surface area is 154 Å². The van der Waals surface area contributed by atoms with Crippen molar-refractivity contribution < 1.29 is 9.59 Å². The van der Waals surface area contributed by atoms with E-state index in [4.69, 9.17) is 0 Å². The van der Waals surface area contributed by atoms with Gasteiger partial charge in [-0.25, -0.2) is 0 Å². The van der Waals surface area contributed by atoms with Gasteiger partial charge in [0.25, 0.3) is 5.91 Å². The molecule has 0 saturated carbocycles. The van der Waals surface area contributed by atoms with Crippen LogP contribution >= 0.6 is 0 Å². The molecule has 1 heterocycles. The van der Waals surface area contributed by atoms with E-state index in [1.165, 1.54) is 11.1 Å². The maximum absolute atomic E-state index is 12.6. The first-order valence-electron chi connectivity index (χ1n) is 9.42. The monoisotopic (exact) mass is 348 g/mol. The largest absolute Gasteiger partial charge is 0.352 e. The number of likely N-dealkylation sites (tertiary alicyclic amines) is 1. The lowest BCUT2D eigenvalue weighted by Gasteiger charge is -2.32. The number of nitrogens with one attached hydrogen (secondary N) is 1. The Bertz CT molecular complexity index is 770. The summed E-state index contributed by atoms with van der Waals surface area (Å²) in [5.74, 6) is 0.226. The Hall–Kier alpha value is -2.62. The Balaban J connectivity index is 1.28. The van der Waals surface area contributed by atoms with Gasteiger partial charge in [0.1, 0.15) is 0 Å². The highest BCUT2D eigenvalue weighted by Gasteiger charge is 2.30. The van der Waals surface area contributed by atoms with Gasteiger partial charge in [-0.1, -0.05) is 42.5 Å². The molecular formula is C22H24N2O2. The van der Waals surface area contributed by atoms with Crippen LogP contribution in [0.15, 0.2) is 54.6 Å². The first-order valence-corrected chi connectivity index (χ1v) is 9.42. The molecular weight excluding hydrogens is 324 g/mol. The van der Waals surface area contributed by atoms with E-state index in [2.05, 4.69) is 29.6 Å². The number of hydrogen-bond donors (Lipinski definition) is 1. The highest BCUT2D eigenvalue weighted by molar-refractivity contribution is 5.94. The van der Waals surface area contributed by atoms with Gasteiger partial charge in [0, 0.05) is 30.6 Å². The molecule has 1 aliphatic carbocycles. The standard InChI is InChI=1S/C22H24N2O2/c25-21(23-20-14-18-8-4-5-9-19(18)15-20)16-10-12-24(13-11-16)22(26)17-6-2-1-3-7-17/h1-9,16,20H,10-15H2,(H,23,25). The van der Waals surface area contributed by atoms with Crippen molar-refractivity contribution in [2.24, 2.45) is 5.92 Å². The Morgan fingerprint density at radius 1 is 0.846 bits per heavy atom. The molecule has 0 spiro atoms. The quantitative estimate of drug-likeness (QED) is 0.927. The van der Waals surface area contributed by atoms with E-state index in [0.29, 0.717) is 13.1 Å². The number of nitrogens with zero attached hydrogens (tertiary/aromatic N) is 1. The van der Waals surface area contributed by atoms with E-state index >= 15 is 0 Å². The van der Waals surface area contributed by atoms with Gasteiger partial charge >= 0.3 is 0 Å². The van der Waals surface area contributed by atoms with Gasteiger partial charge in [-0.2, -0.15) is 0 Å². The van der Waals surface area contributed by atoms with E-state index in [1.807, 2.05) is 35.2 Å². The average Bonchev–Trinajstić information content (AvgIpc) is 3.10. The third-order valence-corrected chi connectivity index (χ3v) is 5.57. The number of hydrogen-bond acceptors (Lipinski definition) is 2. The number of amides is 2. The van der Waals surface area contributed by atoms with Crippen LogP contribution in [0, 0.1) is 5.92 Å². The first kappa shape index (κ1) is 16.8. The fraction of sp³-hybridized carbons (Fsp3) is 0.364. The lowest BCUT2D eigenvalue weighted by atomic mass is 9.95. The fourth-order valence-electron chi connectivity index (χ4n) is 4.09. The number of piperidine rings is 1. The number of carbonyl (C=O) groups excluding carboxylic acids is 2. The van der Waals surface area contributed by atoms with Crippen LogP contribution in [0.5, 0.6) is 0 Å². The van der Waals surface area contributed by atoms with Crippen molar-refractivity contribution in [3.8, 4) is 0 Å². The second-order valence-electron chi connectivity index (χ2n) is 7.31. The molecule has 4 heteroatoms. The molecule has 0 atom stereocenters. The maximum Gasteiger partial charge on any atom is 0.253 e. The van der Waals surface area contributed by atoms with E-state index in [0.717, 1.165) is 31.2 Å². The molecule has 26 heavy (non-hydrogen) atoms. The summed E-state index contributed by atoms with van der Waals surface area (Å²) in [6.07, 6.45) is 3.33. The van der Waals surface area contributed by atoms with Crippen molar-refractivity contribution in [3.63, 3.8) is 0 Å². The zero-order chi connectivity index (χ0) is 17.9. The van der Waals surface area contributed by atoms with Gasteiger partial charge < -0.3 is 10.2 Å². The molecule has 0 bridgehead atoms. The predicted molar refractivity (Wildman–Crippen MR) is 101 cm³/mol. The number of benzene rings is 2. The molecule has 2 amide bonds. The van der Waals surface area contributed by atoms with E-state index in [9.17, 15) is 9.59 Å². The van der Waals surface area contributed by atoms with Gasteiger partial charge in [0.05, 0.1) is 0 Å². The molecule has 2 aromatic carbocycles. The van der Waals surface area contributed by atoms with Crippen molar-refractivity contribution in [3.05, 3.63) is 71.3 Å². The topological polar surface area (TPSA) is 49.4 Å². The highest BCUT2D eigenvalue weighted by Crippen LogP contribution is 2.24. The van der Waals surface area contributed by atoms with Crippen molar-refractivity contribution >= 4 is 11.8 Å². The van der Waals surface area contributed by atoms with Crippen molar-refractivity contribution in [1.29, 1.82) is 0 Å². The molecule has 0 radical (unpaired) electrons. The number of fused-ring (bicyclic) bond motifs is 1. The summed E-state index contributed by atoms with van der Waals surface area (Å²) in [6, 6.07) is 18.0. The first-order chi connectivity index (χ1) is 12.7. The molecule has 1 saturated heterocycles. The van der Waals surface area contributed by atoms with Crippen molar-refractivity contribution in [2.45, 2.75) is 31.7 Å². The normalized spacial score (nSPS) is 17.8. The second kappa shape index (κ2) is 7.32. The third-order valence-electron chi connectivity index (χ3n) is 5.57. The summed E-state index contributed by atoms with van der Waals surface area (Å²) in [5.41, 5.74) is 3.42. The Morgan fingerprint density at radius 2 is 1.42 bits per heavy atom. The molecule has 0 aromatic heterocycles. The minimum Gasteiger partial charge on any atom is -0.352 e. The summed E-state index contributed by atoms with van der Waals surface area (Å²) >= 11 is 0. The lowest BCUT2D eigenvalue weighted by molar-refractivity contribution is -0.126. The second-order valence-corrected chi connectivity index (χ2v) is 7.31. The number of carbonyl (C=O) groups is 2. The summed E-state index contributed by atoms with van der Waals surface area (Å²) < 4.78 is 0. The summed E-state index contributed by atoms with van der Waals surface area (Å²) in [7, 11) is 0. The zero-order valence-corrected chi connectivity index (χ0v) is 14.9. The predicted octanol–water partition coefficient (Wildman–Crippen LogP) is 2.82. The average molecular weight is 348 g/mol. The third kappa shape index (κ3) is 3.50. The molecule has 1 fully saturated rings. The lowest BCUT2D eigenvalue weighted by Crippen LogP contribution is -2.45. The SMILES string of the molecule is O=C(NC1Cc2ccccc2C1)C1CCN(C(=O)c2ccccc2)CC1. The van der Waals surface area contributed by atoms with Crippen LogP contribution in [-0.2, 0) is 17.6 Å². The Morgan fingerprint density at radius 3 is 2.04 bits per heavy atom. The van der Waals surface area contributed by atoms with Crippen LogP contribution < -0.4 is 5.32 Å². The Kier molecular flexibility index (Phi) is 4.74. The number of rotatable bonds is 3. The van der Waals surface area contributed by atoms with Crippen LogP contribution in [-0.4, -0.2) is 35.8 Å². The van der Waals surface area contributed by atoms with Crippen molar-refractivity contribution in [2.75, 3.05) is 13.1 Å². The van der Waals surface area contributed by atoms with Crippen LogP contribution in [0.3, 0.4) is 0 Å². The molecule has 1 aliphatic heterocycles. The van der Waals surface area contributed by atoms with Crippen LogP contribution in [0.25, 0.3) is 0 Å². The molecule has 0 unspecified atom stereocenters. The summed E-state index contributed by atoms with van der Waals surface area (Å²) in [6.45, 7) is 1.30. The van der Waals surface area contributed by atoms with Gasteiger partial charge in [0.2, 0.25) is 5.91 Å². The molecule has 2 aliphatic rings. The minimum absolute atomic E-state index is 0.0125. The molecule has 134 valence electrons. The molecule has 4 nitrogen and oxygen atoms in total. The van der Waals surface area contributed by atoms with Crippen LogP contribution in [0.1, 0.15) is 34.3 Å². The smallest absolute Gasteiger partial charge is 0.253 e. The van der Waals surface area contributed by atoms with Gasteiger partial charge in [-0.3, -0.25) is 9.59 Å². The van der Waals surface area contributed by atoms with E-state index in [1.54, 1.807) is 0 Å². The molecule has 4 rings (SSSR count). The van der Waals surface area contributed by atoms with E-state index < -0.39 is 0 Å². The van der Waals surface area contributed by atoms with Crippen molar-refractivity contribution in [1.82, 2.24) is 10.2 Å². The van der Waals surface area contributed by atoms with E-state index in [-0.39, 0.29) is 23.8 Å². The molecule has 2 aromatic rings. The molecule has 1 N–H and O–H groups in total. The highest BCUT2D eigenvalue weighted by atomic mass is 16.2. The van der Waals surface area contributed by atoms with Crippen LogP contribution in [0.2, 0.25) is 0 Å². The fourth-order valence-corrected chi connectivity index (χ4v) is 4.09. The summed E-state index contributed by atoms with van der Waals surface area (Å²) in [5, 5.41) is 3.23. The maximum atomic E-state index is 12.6. The zero-order valence-electron chi connectivity index (χ0n) is 14.9. The van der Waals surface area contributed by atoms with Gasteiger partial charge in [-0.15, -0.1) is 0 Å². The van der Waals surface area contributed by atoms with Gasteiger partial charge in [0.15, 0.2) is 0 Å². The summed E-state index contributed by atoms with van der Waals surface area (Å²) in [4.78, 5) is 27.0. The van der Waals surface area contributed by atoms with Gasteiger partial charge in [-0.05, 0) is 48.9 Å².